The predicted octanol–water partition coefficient (Wildman–Crippen LogP) is 15.6. The maximum Gasteiger partial charge on any atom is 0.306 e. The number of carbonyl (C=O) groups is 3. The van der Waals surface area contributed by atoms with E-state index in [0.29, 0.717) is 17.4 Å². The number of rotatable bonds is 55. The number of nitrogens with zero attached hydrogens (tertiary/aromatic N) is 1. The minimum atomic E-state index is -1.61. The first-order chi connectivity index (χ1) is 33.1. The first-order valence-electron chi connectivity index (χ1n) is 29.3. The van der Waals surface area contributed by atoms with Crippen molar-refractivity contribution in [3.05, 3.63) is 12.2 Å². The van der Waals surface area contributed by atoms with Crippen LogP contribution in [0.3, 0.4) is 0 Å². The minimum Gasteiger partial charge on any atom is -0.545 e. The molecule has 0 heterocycles. The Balaban J connectivity index is 3.79. The van der Waals surface area contributed by atoms with Crippen molar-refractivity contribution in [1.82, 2.24) is 0 Å². The van der Waals surface area contributed by atoms with Crippen molar-refractivity contribution in [3.63, 3.8) is 0 Å². The second-order valence-electron chi connectivity index (χ2n) is 21.3. The van der Waals surface area contributed by atoms with Crippen LogP contribution in [0.1, 0.15) is 290 Å². The molecule has 0 aromatic heterocycles. The van der Waals surface area contributed by atoms with E-state index in [-0.39, 0.29) is 32.2 Å². The van der Waals surface area contributed by atoms with Gasteiger partial charge in [-0.05, 0) is 38.5 Å². The molecule has 0 rings (SSSR count). The van der Waals surface area contributed by atoms with Gasteiger partial charge < -0.3 is 33.3 Å². The summed E-state index contributed by atoms with van der Waals surface area (Å²) < 4.78 is 22.5. The normalized spacial score (nSPS) is 12.8. The topological polar surface area (TPSA) is 111 Å². The average Bonchev–Trinajstić information content (AvgIpc) is 3.30. The van der Waals surface area contributed by atoms with Gasteiger partial charge in [0.1, 0.15) is 13.2 Å². The summed E-state index contributed by atoms with van der Waals surface area (Å²) in [6.07, 6.45) is 56.3. The van der Waals surface area contributed by atoms with Gasteiger partial charge in [-0.2, -0.15) is 0 Å². The molecule has 2 atom stereocenters. The zero-order chi connectivity index (χ0) is 49.9. The number of hydrogen-bond donors (Lipinski definition) is 0. The summed E-state index contributed by atoms with van der Waals surface area (Å²) in [4.78, 5) is 36.8. The number of unbranched alkanes of at least 4 members (excludes halogenated alkanes) is 38. The Bertz CT molecular complexity index is 1120. The molecule has 0 N–H and O–H groups in total. The first kappa shape index (κ1) is 66.0. The summed E-state index contributed by atoms with van der Waals surface area (Å²) in [7, 11) is 5.92. The number of aliphatic carboxylic acids is 1. The predicted molar refractivity (Wildman–Crippen MR) is 283 cm³/mol. The lowest BCUT2D eigenvalue weighted by Crippen LogP contribution is -2.44. The van der Waals surface area contributed by atoms with Crippen molar-refractivity contribution in [2.24, 2.45) is 0 Å². The molecule has 9 nitrogen and oxygen atoms in total. The first-order valence-corrected chi connectivity index (χ1v) is 29.3. The minimum absolute atomic E-state index is 0.152. The Kier molecular flexibility index (Phi) is 49.9. The van der Waals surface area contributed by atoms with Gasteiger partial charge >= 0.3 is 11.9 Å². The molecule has 0 saturated carbocycles. The van der Waals surface area contributed by atoms with Crippen molar-refractivity contribution in [3.8, 4) is 0 Å². The average molecular weight is 965 g/mol. The van der Waals surface area contributed by atoms with E-state index in [9.17, 15) is 19.5 Å². The van der Waals surface area contributed by atoms with Crippen LogP contribution in [-0.4, -0.2) is 82.3 Å². The second kappa shape index (κ2) is 51.4. The number of esters is 2. The molecule has 0 aliphatic carbocycles. The molecule has 0 aromatic rings. The summed E-state index contributed by atoms with van der Waals surface area (Å²) >= 11 is 0. The SMILES string of the molecule is CCCCCCCCCC/C=C\CCCCCCCCCCCCCCCCCCCCCCCCCCCC(=O)OC(COC(=O)CCCCCCCC)COC(OCC[N+](C)(C)C)C(=O)[O-]. The van der Waals surface area contributed by atoms with E-state index in [0.717, 1.165) is 44.9 Å². The fourth-order valence-corrected chi connectivity index (χ4v) is 8.71. The van der Waals surface area contributed by atoms with Gasteiger partial charge in [0.25, 0.3) is 0 Å². The van der Waals surface area contributed by atoms with Gasteiger partial charge in [-0.3, -0.25) is 9.59 Å². The Morgan fingerprint density at radius 2 is 0.750 bits per heavy atom. The number of hydrogen-bond acceptors (Lipinski definition) is 8. The van der Waals surface area contributed by atoms with Crippen molar-refractivity contribution in [2.45, 2.75) is 302 Å². The van der Waals surface area contributed by atoms with Gasteiger partial charge in [-0.15, -0.1) is 0 Å². The van der Waals surface area contributed by atoms with Crippen molar-refractivity contribution < 1.29 is 42.9 Å². The standard InChI is InChI=1S/C59H113NO8/c1-6-8-10-12-14-15-16-17-18-19-20-21-22-23-24-25-26-27-28-29-30-31-32-33-34-35-36-37-38-39-40-41-42-43-44-46-48-50-57(62)68-55(53-66-56(61)49-47-45-13-11-9-7-2)54-67-59(58(63)64)65-52-51-60(3,4)5/h19-20,55,59H,6-18,21-54H2,1-5H3/b20-19-. The van der Waals surface area contributed by atoms with Crippen LogP contribution in [-0.2, 0) is 33.3 Å². The Labute approximate surface area is 421 Å². The highest BCUT2D eigenvalue weighted by Gasteiger charge is 2.22. The molecule has 0 fully saturated rings. The van der Waals surface area contributed by atoms with Gasteiger partial charge in [0.2, 0.25) is 0 Å². The van der Waals surface area contributed by atoms with Gasteiger partial charge in [0.05, 0.1) is 40.3 Å². The Morgan fingerprint density at radius 3 is 1.09 bits per heavy atom. The van der Waals surface area contributed by atoms with Crippen LogP contribution in [0.5, 0.6) is 0 Å². The number of carbonyl (C=O) groups excluding carboxylic acids is 3. The van der Waals surface area contributed by atoms with Crippen molar-refractivity contribution >= 4 is 17.9 Å². The number of carboxylic acid groups (broad SMARTS) is 1. The molecular formula is C59H113NO8. The molecule has 0 saturated heterocycles. The lowest BCUT2D eigenvalue weighted by atomic mass is 10.0. The van der Waals surface area contributed by atoms with Gasteiger partial charge in [-0.1, -0.05) is 251 Å². The molecular weight excluding hydrogens is 851 g/mol. The van der Waals surface area contributed by atoms with Crippen molar-refractivity contribution in [1.29, 1.82) is 0 Å². The van der Waals surface area contributed by atoms with E-state index in [4.69, 9.17) is 18.9 Å². The monoisotopic (exact) mass is 964 g/mol. The number of ether oxygens (including phenoxy) is 4. The fraction of sp³-hybridized carbons (Fsp3) is 0.915. The summed E-state index contributed by atoms with van der Waals surface area (Å²) in [5, 5.41) is 11.7. The van der Waals surface area contributed by atoms with Crippen LogP contribution in [0.4, 0.5) is 0 Å². The van der Waals surface area contributed by atoms with E-state index >= 15 is 0 Å². The fourth-order valence-electron chi connectivity index (χ4n) is 8.71. The molecule has 402 valence electrons. The highest BCUT2D eigenvalue weighted by Crippen LogP contribution is 2.18. The second-order valence-corrected chi connectivity index (χ2v) is 21.3. The third kappa shape index (κ3) is 51.9. The van der Waals surface area contributed by atoms with E-state index in [1.54, 1.807) is 0 Å². The highest BCUT2D eigenvalue weighted by molar-refractivity contribution is 5.70. The van der Waals surface area contributed by atoms with Crippen LogP contribution in [0.15, 0.2) is 12.2 Å². The highest BCUT2D eigenvalue weighted by atomic mass is 16.7. The molecule has 0 aliphatic heterocycles. The summed E-state index contributed by atoms with van der Waals surface area (Å²) in [6, 6.07) is 0. The van der Waals surface area contributed by atoms with E-state index in [1.165, 1.54) is 218 Å². The molecule has 0 aromatic carbocycles. The molecule has 2 unspecified atom stereocenters. The third-order valence-corrected chi connectivity index (χ3v) is 13.3. The summed E-state index contributed by atoms with van der Waals surface area (Å²) in [5.74, 6) is -2.28. The molecule has 0 spiro atoms. The van der Waals surface area contributed by atoms with Gasteiger partial charge in [0.15, 0.2) is 12.4 Å². The zero-order valence-electron chi connectivity index (χ0n) is 45.8. The number of allylic oxidation sites excluding steroid dienone is 2. The lowest BCUT2D eigenvalue weighted by molar-refractivity contribution is -0.870. The molecule has 0 radical (unpaired) electrons. The third-order valence-electron chi connectivity index (χ3n) is 13.3. The molecule has 0 bridgehead atoms. The van der Waals surface area contributed by atoms with E-state index < -0.39 is 24.3 Å². The summed E-state index contributed by atoms with van der Waals surface area (Å²) in [5.41, 5.74) is 0. The van der Waals surface area contributed by atoms with Gasteiger partial charge in [-0.25, -0.2) is 0 Å². The Morgan fingerprint density at radius 1 is 0.426 bits per heavy atom. The van der Waals surface area contributed by atoms with E-state index in [1.807, 2.05) is 21.1 Å². The molecule has 9 heteroatoms. The van der Waals surface area contributed by atoms with Crippen LogP contribution >= 0.6 is 0 Å². The van der Waals surface area contributed by atoms with E-state index in [2.05, 4.69) is 26.0 Å². The number of quaternary nitrogens is 1. The van der Waals surface area contributed by atoms with Crippen LogP contribution < -0.4 is 5.11 Å². The molecule has 68 heavy (non-hydrogen) atoms. The quantitative estimate of drug-likeness (QED) is 0.0195. The van der Waals surface area contributed by atoms with Gasteiger partial charge in [0, 0.05) is 12.8 Å². The molecule has 0 amide bonds. The zero-order valence-corrected chi connectivity index (χ0v) is 45.8. The largest absolute Gasteiger partial charge is 0.545 e. The van der Waals surface area contributed by atoms with Crippen LogP contribution in [0.25, 0.3) is 0 Å². The molecule has 0 aliphatic rings. The maximum atomic E-state index is 12.8. The summed E-state index contributed by atoms with van der Waals surface area (Å²) in [6.45, 7) is 4.71. The van der Waals surface area contributed by atoms with Crippen LogP contribution in [0, 0.1) is 0 Å². The number of carboxylic acids is 1. The number of likely N-dealkylation sites (N-methyl/N-ethyl adjacent to an activating group) is 1. The Hall–Kier alpha value is -1.97. The van der Waals surface area contributed by atoms with Crippen molar-refractivity contribution in [2.75, 3.05) is 47.5 Å². The lowest BCUT2D eigenvalue weighted by Gasteiger charge is -2.26. The van der Waals surface area contributed by atoms with Crippen LogP contribution in [0.2, 0.25) is 0 Å². The smallest absolute Gasteiger partial charge is 0.306 e. The maximum absolute atomic E-state index is 12.8.